The van der Waals surface area contributed by atoms with E-state index in [2.05, 4.69) is 4.98 Å². The van der Waals surface area contributed by atoms with Gasteiger partial charge in [-0.1, -0.05) is 6.07 Å². The van der Waals surface area contributed by atoms with Crippen LogP contribution in [0.15, 0.2) is 24.4 Å². The van der Waals surface area contributed by atoms with Crippen molar-refractivity contribution in [3.8, 4) is 0 Å². The lowest BCUT2D eigenvalue weighted by Gasteiger charge is -2.23. The van der Waals surface area contributed by atoms with Gasteiger partial charge in [0.15, 0.2) is 0 Å². The van der Waals surface area contributed by atoms with Gasteiger partial charge in [0.05, 0.1) is 5.60 Å². The van der Waals surface area contributed by atoms with Gasteiger partial charge in [0.2, 0.25) is 0 Å². The van der Waals surface area contributed by atoms with Crippen molar-refractivity contribution in [1.82, 2.24) is 4.98 Å². The molecule has 1 heterocycles. The predicted molar refractivity (Wildman–Crippen MR) is 58.5 cm³/mol. The van der Waals surface area contributed by atoms with Gasteiger partial charge in [-0.15, -0.1) is 0 Å². The Labute approximate surface area is 98.5 Å². The van der Waals surface area contributed by atoms with E-state index in [0.29, 0.717) is 5.69 Å². The van der Waals surface area contributed by atoms with Gasteiger partial charge in [-0.25, -0.2) is 0 Å². The molecule has 17 heavy (non-hydrogen) atoms. The second kappa shape index (κ2) is 5.49. The molecule has 5 heteroatoms. The number of rotatable bonds is 5. The lowest BCUT2D eigenvalue weighted by molar-refractivity contribution is -0.137. The summed E-state index contributed by atoms with van der Waals surface area (Å²) in [7, 11) is 0. The zero-order chi connectivity index (χ0) is 12.9. The Morgan fingerprint density at radius 2 is 1.94 bits per heavy atom. The molecule has 0 aliphatic carbocycles. The topological polar surface area (TPSA) is 33.1 Å². The number of hydrogen-bond donors (Lipinski definition) is 1. The first-order valence-electron chi connectivity index (χ1n) is 5.48. The number of aliphatic hydroxyl groups is 1. The summed E-state index contributed by atoms with van der Waals surface area (Å²) in [5.74, 6) is 0. The first-order valence-corrected chi connectivity index (χ1v) is 5.48. The molecule has 1 rings (SSSR count). The minimum absolute atomic E-state index is 0.0661. The van der Waals surface area contributed by atoms with E-state index in [1.807, 2.05) is 0 Å². The molecule has 1 aromatic heterocycles. The average molecular weight is 247 g/mol. The molecule has 0 aliphatic heterocycles. The van der Waals surface area contributed by atoms with Crippen LogP contribution in [0.5, 0.6) is 0 Å². The van der Waals surface area contributed by atoms with Crippen molar-refractivity contribution >= 4 is 0 Å². The van der Waals surface area contributed by atoms with E-state index in [1.165, 1.54) is 6.92 Å². The highest BCUT2D eigenvalue weighted by Gasteiger charge is 2.29. The highest BCUT2D eigenvalue weighted by molar-refractivity contribution is 5.06. The zero-order valence-corrected chi connectivity index (χ0v) is 9.67. The summed E-state index contributed by atoms with van der Waals surface area (Å²) in [6, 6.07) is 5.29. The summed E-state index contributed by atoms with van der Waals surface area (Å²) in [4.78, 5) is 4.04. The molecule has 96 valence electrons. The maximum Gasteiger partial charge on any atom is 0.389 e. The Kier molecular flexibility index (Phi) is 4.51. The number of nitrogens with zero attached hydrogens (tertiary/aromatic N) is 1. The van der Waals surface area contributed by atoms with Crippen molar-refractivity contribution in [2.75, 3.05) is 0 Å². The normalized spacial score (nSPS) is 15.6. The highest BCUT2D eigenvalue weighted by Crippen LogP contribution is 2.26. The second-order valence-electron chi connectivity index (χ2n) is 4.46. The Morgan fingerprint density at radius 3 is 2.47 bits per heavy atom. The Morgan fingerprint density at radius 1 is 1.24 bits per heavy atom. The third-order valence-corrected chi connectivity index (χ3v) is 2.46. The number of hydrogen-bond acceptors (Lipinski definition) is 2. The SMILES string of the molecule is CC(O)(CCCC(F)(F)F)Cc1ccccn1. The Hall–Kier alpha value is -1.10. The number of pyridine rings is 1. The van der Waals surface area contributed by atoms with E-state index in [9.17, 15) is 18.3 Å². The summed E-state index contributed by atoms with van der Waals surface area (Å²) < 4.78 is 35.9. The van der Waals surface area contributed by atoms with Crippen LogP contribution in [0.2, 0.25) is 0 Å². The van der Waals surface area contributed by atoms with Crippen LogP contribution in [0.4, 0.5) is 13.2 Å². The molecule has 0 aliphatic rings. The van der Waals surface area contributed by atoms with Gasteiger partial charge in [0.1, 0.15) is 0 Å². The van der Waals surface area contributed by atoms with Crippen LogP contribution in [0.1, 0.15) is 31.9 Å². The molecular weight excluding hydrogens is 231 g/mol. The summed E-state index contributed by atoms with van der Waals surface area (Å²) in [6.07, 6.45) is -3.09. The standard InChI is InChI=1S/C12H16F3NO/c1-11(17,6-4-7-12(13,14)15)9-10-5-2-3-8-16-10/h2-3,5,8,17H,4,6-7,9H2,1H3. The van der Waals surface area contributed by atoms with E-state index in [0.717, 1.165) is 0 Å². The summed E-state index contributed by atoms with van der Waals surface area (Å²) >= 11 is 0. The van der Waals surface area contributed by atoms with Crippen molar-refractivity contribution in [3.63, 3.8) is 0 Å². The van der Waals surface area contributed by atoms with Crippen LogP contribution in [-0.4, -0.2) is 21.9 Å². The first-order chi connectivity index (χ1) is 7.79. The minimum atomic E-state index is -4.15. The maximum absolute atomic E-state index is 12.0. The van der Waals surface area contributed by atoms with Gasteiger partial charge in [0, 0.05) is 24.7 Å². The largest absolute Gasteiger partial charge is 0.390 e. The average Bonchev–Trinajstić information content (AvgIpc) is 2.15. The fourth-order valence-corrected chi connectivity index (χ4v) is 1.65. The van der Waals surface area contributed by atoms with E-state index >= 15 is 0 Å². The minimum Gasteiger partial charge on any atom is -0.390 e. The lowest BCUT2D eigenvalue weighted by Crippen LogP contribution is -2.28. The molecule has 0 fully saturated rings. The van der Waals surface area contributed by atoms with Crippen LogP contribution in [0.25, 0.3) is 0 Å². The molecule has 2 nitrogen and oxygen atoms in total. The van der Waals surface area contributed by atoms with Crippen molar-refractivity contribution in [1.29, 1.82) is 0 Å². The maximum atomic E-state index is 12.0. The molecule has 1 N–H and O–H groups in total. The molecule has 1 aromatic rings. The fraction of sp³-hybridized carbons (Fsp3) is 0.583. The summed E-state index contributed by atoms with van der Waals surface area (Å²) in [5.41, 5.74) is -0.455. The quantitative estimate of drug-likeness (QED) is 0.867. The van der Waals surface area contributed by atoms with E-state index in [1.54, 1.807) is 24.4 Å². The zero-order valence-electron chi connectivity index (χ0n) is 9.67. The van der Waals surface area contributed by atoms with Crippen LogP contribution in [0.3, 0.4) is 0 Å². The van der Waals surface area contributed by atoms with Gasteiger partial charge < -0.3 is 5.11 Å². The monoisotopic (exact) mass is 247 g/mol. The molecule has 0 aromatic carbocycles. The third kappa shape index (κ3) is 6.26. The molecule has 1 atom stereocenters. The second-order valence-corrected chi connectivity index (χ2v) is 4.46. The third-order valence-electron chi connectivity index (χ3n) is 2.46. The van der Waals surface area contributed by atoms with Gasteiger partial charge in [-0.3, -0.25) is 4.98 Å². The Balaban J connectivity index is 2.41. The van der Waals surface area contributed by atoms with Crippen molar-refractivity contribution < 1.29 is 18.3 Å². The van der Waals surface area contributed by atoms with Gasteiger partial charge in [0.25, 0.3) is 0 Å². The van der Waals surface area contributed by atoms with Gasteiger partial charge in [-0.05, 0) is 31.9 Å². The number of halogens is 3. The molecule has 0 radical (unpaired) electrons. The lowest BCUT2D eigenvalue weighted by atomic mass is 9.93. The number of aromatic nitrogens is 1. The van der Waals surface area contributed by atoms with E-state index in [4.69, 9.17) is 0 Å². The fourth-order valence-electron chi connectivity index (χ4n) is 1.65. The molecule has 0 saturated carbocycles. The van der Waals surface area contributed by atoms with E-state index in [-0.39, 0.29) is 19.3 Å². The smallest absolute Gasteiger partial charge is 0.389 e. The molecular formula is C12H16F3NO. The molecule has 1 unspecified atom stereocenters. The van der Waals surface area contributed by atoms with Crippen molar-refractivity contribution in [3.05, 3.63) is 30.1 Å². The molecule has 0 bridgehead atoms. The van der Waals surface area contributed by atoms with Gasteiger partial charge >= 0.3 is 6.18 Å². The molecule has 0 saturated heterocycles. The van der Waals surface area contributed by atoms with Crippen LogP contribution in [-0.2, 0) is 6.42 Å². The first kappa shape index (κ1) is 14.0. The van der Waals surface area contributed by atoms with Crippen LogP contribution < -0.4 is 0 Å². The van der Waals surface area contributed by atoms with Crippen LogP contribution in [0, 0.1) is 0 Å². The Bertz CT molecular complexity index is 335. The number of alkyl halides is 3. The predicted octanol–water partition coefficient (Wildman–Crippen LogP) is 3.11. The molecule has 0 spiro atoms. The summed E-state index contributed by atoms with van der Waals surface area (Å²) in [6.45, 7) is 1.54. The van der Waals surface area contributed by atoms with Crippen LogP contribution >= 0.6 is 0 Å². The van der Waals surface area contributed by atoms with E-state index < -0.39 is 18.2 Å². The van der Waals surface area contributed by atoms with Crippen molar-refractivity contribution in [2.45, 2.75) is 44.4 Å². The molecule has 0 amide bonds. The highest BCUT2D eigenvalue weighted by atomic mass is 19.4. The van der Waals surface area contributed by atoms with Gasteiger partial charge in [-0.2, -0.15) is 13.2 Å². The van der Waals surface area contributed by atoms with Crippen molar-refractivity contribution in [2.24, 2.45) is 0 Å². The summed E-state index contributed by atoms with van der Waals surface area (Å²) in [5, 5.41) is 9.96.